The molecule has 3 aromatic rings. The van der Waals surface area contributed by atoms with Crippen LogP contribution in [0.25, 0.3) is 0 Å². The molecule has 1 aromatic heterocycles. The molecule has 1 unspecified atom stereocenters. The number of urea groups is 1. The molecule has 2 aliphatic rings. The zero-order valence-electron chi connectivity index (χ0n) is 25.6. The zero-order chi connectivity index (χ0) is 33.0. The first kappa shape index (κ1) is 33.2. The molecule has 5 rings (SSSR count). The second-order valence-corrected chi connectivity index (χ2v) is 11.7. The fourth-order valence-electron chi connectivity index (χ4n) is 5.59. The lowest BCUT2D eigenvalue weighted by Gasteiger charge is -2.33. The fraction of sp³-hybridized carbons (Fsp3) is 0.406. The average molecular weight is 625 g/mol. The highest BCUT2D eigenvalue weighted by Gasteiger charge is 2.41. The zero-order valence-corrected chi connectivity index (χ0v) is 25.6. The van der Waals surface area contributed by atoms with Gasteiger partial charge in [-0.05, 0) is 65.5 Å². The van der Waals surface area contributed by atoms with Crippen LogP contribution in [0.5, 0.6) is 0 Å². The van der Waals surface area contributed by atoms with Crippen LogP contribution >= 0.6 is 0 Å². The summed E-state index contributed by atoms with van der Waals surface area (Å²) in [4.78, 5) is 64.2. The second kappa shape index (κ2) is 14.0. The second-order valence-electron chi connectivity index (χ2n) is 11.7. The van der Waals surface area contributed by atoms with E-state index in [-0.39, 0.29) is 42.3 Å². The van der Waals surface area contributed by atoms with Crippen molar-refractivity contribution in [2.45, 2.75) is 77.5 Å². The fourth-order valence-corrected chi connectivity index (χ4v) is 5.59. The highest BCUT2D eigenvalue weighted by atomic mass is 19.1. The van der Waals surface area contributed by atoms with Crippen molar-refractivity contribution in [3.8, 4) is 0 Å². The molecule has 0 spiro atoms. The highest BCUT2D eigenvalue weighted by molar-refractivity contribution is 6.16. The van der Waals surface area contributed by atoms with Crippen LogP contribution in [0.15, 0.2) is 58.1 Å². The summed E-state index contributed by atoms with van der Waals surface area (Å²) in [5.41, 5.74) is 6.69. The molecule has 11 nitrogen and oxygen atoms in total. The van der Waals surface area contributed by atoms with Gasteiger partial charge < -0.3 is 11.1 Å². The quantitative estimate of drug-likeness (QED) is 0.289. The number of nitrogens with one attached hydrogen (secondary N) is 3. The Morgan fingerprint density at radius 3 is 2.18 bits per heavy atom. The molecule has 5 N–H and O–H groups in total. The number of carbonyl (C=O) groups excluding carboxylic acids is 3. The van der Waals surface area contributed by atoms with Gasteiger partial charge in [0.1, 0.15) is 23.4 Å². The van der Waals surface area contributed by atoms with E-state index in [4.69, 9.17) is 5.73 Å². The van der Waals surface area contributed by atoms with Gasteiger partial charge in [0.2, 0.25) is 11.8 Å². The van der Waals surface area contributed by atoms with Crippen LogP contribution in [0.4, 0.5) is 19.4 Å². The van der Waals surface area contributed by atoms with Gasteiger partial charge in [0.05, 0.1) is 11.6 Å². The van der Waals surface area contributed by atoms with Gasteiger partial charge in [-0.3, -0.25) is 34.2 Å². The summed E-state index contributed by atoms with van der Waals surface area (Å²) in [6, 6.07) is 10.5. The molecular weight excluding hydrogens is 586 g/mol. The summed E-state index contributed by atoms with van der Waals surface area (Å²) in [6.07, 6.45) is 1.51. The average Bonchev–Trinajstić information content (AvgIpc) is 2.97. The van der Waals surface area contributed by atoms with Crippen molar-refractivity contribution in [2.75, 3.05) is 5.32 Å². The number of carbonyl (C=O) groups is 3. The molecule has 3 atom stereocenters. The molecule has 45 heavy (non-hydrogen) atoms. The standard InChI is InChI=1S/C16H20FN3O3.C16H18FN3O2/c1-9(2)20-15(22)11(14(21)19-16(20)23)7-8-13(18)10-5-3-4-6-12(10)17;1-9(2)20-15(21)11-7-8-13(18-14(11)19-16(20)22)10-5-3-4-6-12(10)17/h3-6,9,11,13H,7-8,18H2,1-2H3,(H,19,21,23);3-6,9,13,18H,7-8H2,1-2H3,(H,19,22)/t11?,13-;13-/m11/s1. The van der Waals surface area contributed by atoms with Crippen LogP contribution in [0.1, 0.15) is 81.8 Å². The van der Waals surface area contributed by atoms with E-state index in [9.17, 15) is 32.8 Å². The molecule has 240 valence electrons. The minimum atomic E-state index is -0.979. The highest BCUT2D eigenvalue weighted by Crippen LogP contribution is 2.30. The van der Waals surface area contributed by atoms with Crippen molar-refractivity contribution >= 4 is 23.7 Å². The van der Waals surface area contributed by atoms with Crippen LogP contribution in [-0.2, 0) is 16.0 Å². The van der Waals surface area contributed by atoms with Gasteiger partial charge in [-0.1, -0.05) is 36.4 Å². The van der Waals surface area contributed by atoms with Crippen LogP contribution in [0, 0.1) is 17.6 Å². The summed E-state index contributed by atoms with van der Waals surface area (Å²) in [7, 11) is 0. The van der Waals surface area contributed by atoms with E-state index in [0.717, 1.165) is 4.90 Å². The number of nitrogens with zero attached hydrogens (tertiary/aromatic N) is 2. The lowest BCUT2D eigenvalue weighted by atomic mass is 9.93. The number of anilines is 1. The van der Waals surface area contributed by atoms with Crippen molar-refractivity contribution in [1.29, 1.82) is 0 Å². The molecule has 2 aromatic carbocycles. The SMILES string of the molecule is CC(C)N1C(=O)NC(=O)C(CC[C@@H](N)c2ccccc2F)C1=O.CC(C)n1c(=O)[nH]c2c(c1=O)CC[C@H](c1ccccc1F)N2. The number of rotatable bonds is 7. The smallest absolute Gasteiger partial charge is 0.331 e. The molecule has 0 saturated carbocycles. The van der Waals surface area contributed by atoms with Gasteiger partial charge in [0, 0.05) is 29.3 Å². The first-order chi connectivity index (χ1) is 21.3. The maximum atomic E-state index is 13.9. The third kappa shape index (κ3) is 7.19. The Hall–Kier alpha value is -4.65. The first-order valence-corrected chi connectivity index (χ1v) is 14.9. The van der Waals surface area contributed by atoms with E-state index in [1.54, 1.807) is 64.1 Å². The largest absolute Gasteiger partial charge is 0.364 e. The minimum absolute atomic E-state index is 0.149. The molecule has 0 aliphatic carbocycles. The lowest BCUT2D eigenvalue weighted by Crippen LogP contribution is -2.59. The van der Waals surface area contributed by atoms with Gasteiger partial charge in [-0.2, -0.15) is 0 Å². The van der Waals surface area contributed by atoms with Gasteiger partial charge >= 0.3 is 11.7 Å². The molecule has 2 aliphatic heterocycles. The molecule has 1 fully saturated rings. The van der Waals surface area contributed by atoms with Crippen LogP contribution < -0.4 is 27.6 Å². The monoisotopic (exact) mass is 624 g/mol. The number of imide groups is 2. The van der Waals surface area contributed by atoms with Crippen molar-refractivity contribution in [3.63, 3.8) is 0 Å². The predicted molar refractivity (Wildman–Crippen MR) is 164 cm³/mol. The Morgan fingerprint density at radius 1 is 0.911 bits per heavy atom. The maximum absolute atomic E-state index is 13.9. The number of H-pyrrole nitrogens is 1. The van der Waals surface area contributed by atoms with E-state index in [2.05, 4.69) is 15.6 Å². The Bertz CT molecular complexity index is 1700. The Balaban J connectivity index is 0.000000205. The normalized spacial score (nSPS) is 18.6. The predicted octanol–water partition coefficient (Wildman–Crippen LogP) is 4.06. The maximum Gasteiger partial charge on any atom is 0.331 e. The van der Waals surface area contributed by atoms with Crippen molar-refractivity contribution < 1.29 is 23.2 Å². The number of nitrogens with two attached hydrogens (primary N) is 1. The topological polar surface area (TPSA) is 159 Å². The number of aromatic nitrogens is 2. The molecule has 0 radical (unpaired) electrons. The van der Waals surface area contributed by atoms with Crippen molar-refractivity contribution in [2.24, 2.45) is 11.7 Å². The number of barbiturate groups is 1. The lowest BCUT2D eigenvalue weighted by molar-refractivity contribution is -0.144. The summed E-state index contributed by atoms with van der Waals surface area (Å²) >= 11 is 0. The first-order valence-electron chi connectivity index (χ1n) is 14.9. The summed E-state index contributed by atoms with van der Waals surface area (Å²) in [5.74, 6) is -2.44. The summed E-state index contributed by atoms with van der Waals surface area (Å²) in [6.45, 7) is 6.97. The number of amides is 4. The van der Waals surface area contributed by atoms with E-state index in [0.29, 0.717) is 35.3 Å². The van der Waals surface area contributed by atoms with Crippen molar-refractivity contribution in [3.05, 3.63) is 97.7 Å². The number of hydrogen-bond donors (Lipinski definition) is 4. The minimum Gasteiger partial charge on any atom is -0.364 e. The molecule has 13 heteroatoms. The van der Waals surface area contributed by atoms with E-state index < -0.39 is 41.3 Å². The number of fused-ring (bicyclic) bond motifs is 1. The van der Waals surface area contributed by atoms with E-state index in [1.807, 2.05) is 0 Å². The van der Waals surface area contributed by atoms with Gasteiger partial charge in [-0.25, -0.2) is 18.4 Å². The molecule has 3 heterocycles. The van der Waals surface area contributed by atoms with Crippen LogP contribution in [-0.4, -0.2) is 38.3 Å². The Labute approximate surface area is 258 Å². The Kier molecular flexibility index (Phi) is 10.3. The summed E-state index contributed by atoms with van der Waals surface area (Å²) in [5, 5.41) is 5.27. The third-order valence-electron chi connectivity index (χ3n) is 7.92. The van der Waals surface area contributed by atoms with Crippen molar-refractivity contribution in [1.82, 2.24) is 19.8 Å². The molecule has 0 bridgehead atoms. The van der Waals surface area contributed by atoms with E-state index in [1.165, 1.54) is 16.7 Å². The molecular formula is C32H38F2N6O5. The van der Waals surface area contributed by atoms with E-state index >= 15 is 0 Å². The third-order valence-corrected chi connectivity index (χ3v) is 7.92. The molecule has 4 amide bonds. The number of benzene rings is 2. The number of aromatic amines is 1. The summed E-state index contributed by atoms with van der Waals surface area (Å²) < 4.78 is 28.8. The number of halogens is 2. The van der Waals surface area contributed by atoms with Crippen LogP contribution in [0.2, 0.25) is 0 Å². The van der Waals surface area contributed by atoms with Gasteiger partial charge in [0.15, 0.2) is 0 Å². The van der Waals surface area contributed by atoms with Gasteiger partial charge in [0.25, 0.3) is 5.56 Å². The number of hydrogen-bond acceptors (Lipinski definition) is 7. The Morgan fingerprint density at radius 2 is 1.56 bits per heavy atom. The van der Waals surface area contributed by atoms with Crippen LogP contribution in [0.3, 0.4) is 0 Å². The molecule has 1 saturated heterocycles. The van der Waals surface area contributed by atoms with Gasteiger partial charge in [-0.15, -0.1) is 0 Å².